The second kappa shape index (κ2) is 10.7. The molecule has 5 rings (SSSR count). The summed E-state index contributed by atoms with van der Waals surface area (Å²) in [5, 5.41) is 19.6. The van der Waals surface area contributed by atoms with Crippen molar-refractivity contribution >= 4 is 0 Å². The molecule has 7 nitrogen and oxygen atoms in total. The molecule has 1 saturated carbocycles. The van der Waals surface area contributed by atoms with E-state index < -0.39 is 0 Å². The van der Waals surface area contributed by atoms with Crippen molar-refractivity contribution in [2.45, 2.75) is 77.2 Å². The van der Waals surface area contributed by atoms with Crippen molar-refractivity contribution in [3.8, 4) is 22.5 Å². The number of nitrogens with one attached hydrogen (secondary N) is 1. The highest BCUT2D eigenvalue weighted by molar-refractivity contribution is 5.80. The van der Waals surface area contributed by atoms with Gasteiger partial charge in [-0.3, -0.25) is 0 Å². The summed E-state index contributed by atoms with van der Waals surface area (Å²) >= 11 is 0. The molecule has 1 aliphatic rings. The standard InChI is InChI=1S/C27H33N7/c1-2-3-5-14-25-28-26(22-10-6-4-7-11-22)31-34(25)19-20-15-17-21(18-16-20)23-12-8-9-13-24(23)27-29-32-33-30-27/h8-9,12-13,15-18,22H,2-7,10-11,14,19H2,1H3,(H,29,30,32,33). The van der Waals surface area contributed by atoms with Crippen LogP contribution in [0.25, 0.3) is 22.5 Å². The highest BCUT2D eigenvalue weighted by Gasteiger charge is 2.21. The van der Waals surface area contributed by atoms with E-state index in [-0.39, 0.29) is 0 Å². The Morgan fingerprint density at radius 3 is 2.47 bits per heavy atom. The molecular formula is C27H33N7. The lowest BCUT2D eigenvalue weighted by molar-refractivity contribution is 0.426. The van der Waals surface area contributed by atoms with E-state index in [1.807, 2.05) is 18.2 Å². The molecule has 2 heterocycles. The van der Waals surface area contributed by atoms with Gasteiger partial charge in [-0.1, -0.05) is 87.6 Å². The quantitative estimate of drug-likeness (QED) is 0.315. The first-order valence-electron chi connectivity index (χ1n) is 12.7. The molecule has 34 heavy (non-hydrogen) atoms. The fraction of sp³-hybridized carbons (Fsp3) is 0.444. The number of benzene rings is 2. The predicted octanol–water partition coefficient (Wildman–Crippen LogP) is 5.95. The Kier molecular flexibility index (Phi) is 7.08. The number of nitrogens with zero attached hydrogens (tertiary/aromatic N) is 6. The number of tetrazole rings is 1. The Bertz CT molecular complexity index is 1170. The summed E-state index contributed by atoms with van der Waals surface area (Å²) in [6.45, 7) is 3.00. The molecule has 1 N–H and O–H groups in total. The van der Waals surface area contributed by atoms with Crippen LogP contribution in [-0.4, -0.2) is 35.4 Å². The molecule has 4 aromatic rings. The number of hydrogen-bond acceptors (Lipinski definition) is 5. The Morgan fingerprint density at radius 1 is 0.941 bits per heavy atom. The van der Waals surface area contributed by atoms with Gasteiger partial charge in [-0.25, -0.2) is 9.67 Å². The van der Waals surface area contributed by atoms with Crippen LogP contribution in [0.5, 0.6) is 0 Å². The molecule has 0 aliphatic heterocycles. The second-order valence-corrected chi connectivity index (χ2v) is 9.31. The first-order chi connectivity index (χ1) is 16.8. The van der Waals surface area contributed by atoms with E-state index in [4.69, 9.17) is 10.1 Å². The van der Waals surface area contributed by atoms with Gasteiger partial charge in [-0.15, -0.1) is 10.2 Å². The molecule has 0 bridgehead atoms. The van der Waals surface area contributed by atoms with Crippen LogP contribution in [0.15, 0.2) is 48.5 Å². The molecule has 1 aliphatic carbocycles. The van der Waals surface area contributed by atoms with E-state index in [1.54, 1.807) is 0 Å². The van der Waals surface area contributed by atoms with E-state index in [0.717, 1.165) is 41.3 Å². The molecule has 2 aromatic carbocycles. The Labute approximate surface area is 201 Å². The SMILES string of the molecule is CCCCCc1nc(C2CCCCC2)nn1Cc1ccc(-c2ccccc2-c2nn[nH]n2)cc1. The third kappa shape index (κ3) is 5.08. The number of H-pyrrole nitrogens is 1. The highest BCUT2D eigenvalue weighted by atomic mass is 15.5. The first-order valence-corrected chi connectivity index (χ1v) is 12.7. The van der Waals surface area contributed by atoms with Crippen LogP contribution >= 0.6 is 0 Å². The van der Waals surface area contributed by atoms with Crippen molar-refractivity contribution in [2.75, 3.05) is 0 Å². The normalized spacial score (nSPS) is 14.5. The van der Waals surface area contributed by atoms with Gasteiger partial charge in [0.25, 0.3) is 0 Å². The van der Waals surface area contributed by atoms with Crippen LogP contribution in [0.4, 0.5) is 0 Å². The zero-order valence-corrected chi connectivity index (χ0v) is 20.0. The molecule has 176 valence electrons. The van der Waals surface area contributed by atoms with E-state index in [2.05, 4.69) is 62.6 Å². The molecule has 0 spiro atoms. The average molecular weight is 456 g/mol. The maximum absolute atomic E-state index is 5.04. The van der Waals surface area contributed by atoms with Crippen molar-refractivity contribution in [1.29, 1.82) is 0 Å². The Hall–Kier alpha value is -3.35. The fourth-order valence-electron chi connectivity index (χ4n) is 4.94. The minimum Gasteiger partial charge on any atom is -0.245 e. The van der Waals surface area contributed by atoms with Crippen LogP contribution in [-0.2, 0) is 13.0 Å². The van der Waals surface area contributed by atoms with Gasteiger partial charge >= 0.3 is 0 Å². The van der Waals surface area contributed by atoms with Crippen LogP contribution in [0.2, 0.25) is 0 Å². The molecule has 7 heteroatoms. The van der Waals surface area contributed by atoms with Gasteiger partial charge in [0, 0.05) is 17.9 Å². The van der Waals surface area contributed by atoms with Crippen LogP contribution in [0, 0.1) is 0 Å². The predicted molar refractivity (Wildman–Crippen MR) is 133 cm³/mol. The number of rotatable bonds is 9. The Morgan fingerprint density at radius 2 is 1.74 bits per heavy atom. The van der Waals surface area contributed by atoms with Crippen molar-refractivity contribution < 1.29 is 0 Å². The Balaban J connectivity index is 1.37. The summed E-state index contributed by atoms with van der Waals surface area (Å²) in [6, 6.07) is 16.9. The smallest absolute Gasteiger partial charge is 0.205 e. The summed E-state index contributed by atoms with van der Waals surface area (Å²) < 4.78 is 2.15. The minimum atomic E-state index is 0.531. The minimum absolute atomic E-state index is 0.531. The van der Waals surface area contributed by atoms with Gasteiger partial charge < -0.3 is 0 Å². The number of hydrogen-bond donors (Lipinski definition) is 1. The summed E-state index contributed by atoms with van der Waals surface area (Å²) in [5.41, 5.74) is 4.43. The van der Waals surface area contributed by atoms with Gasteiger partial charge in [0.2, 0.25) is 5.82 Å². The zero-order valence-electron chi connectivity index (χ0n) is 20.0. The van der Waals surface area contributed by atoms with Crippen LogP contribution in [0.1, 0.15) is 81.4 Å². The van der Waals surface area contributed by atoms with Crippen molar-refractivity contribution in [2.24, 2.45) is 0 Å². The molecule has 0 unspecified atom stereocenters. The number of aromatic amines is 1. The molecule has 1 fully saturated rings. The van der Waals surface area contributed by atoms with Gasteiger partial charge in [0.15, 0.2) is 5.82 Å². The van der Waals surface area contributed by atoms with Gasteiger partial charge in [-0.05, 0) is 41.2 Å². The lowest BCUT2D eigenvalue weighted by Crippen LogP contribution is -2.09. The topological polar surface area (TPSA) is 85.2 Å². The second-order valence-electron chi connectivity index (χ2n) is 9.31. The molecule has 0 atom stereocenters. The maximum Gasteiger partial charge on any atom is 0.205 e. The lowest BCUT2D eigenvalue weighted by Gasteiger charge is -2.18. The summed E-state index contributed by atoms with van der Waals surface area (Å²) in [5.74, 6) is 3.34. The molecule has 2 aromatic heterocycles. The fourth-order valence-corrected chi connectivity index (χ4v) is 4.94. The number of aryl methyl sites for hydroxylation is 1. The van der Waals surface area contributed by atoms with Crippen molar-refractivity contribution in [1.82, 2.24) is 35.4 Å². The largest absolute Gasteiger partial charge is 0.245 e. The third-order valence-electron chi connectivity index (χ3n) is 6.85. The highest BCUT2D eigenvalue weighted by Crippen LogP contribution is 2.32. The monoisotopic (exact) mass is 455 g/mol. The number of unbranched alkanes of at least 4 members (excludes halogenated alkanes) is 2. The molecule has 0 amide bonds. The third-order valence-corrected chi connectivity index (χ3v) is 6.85. The summed E-state index contributed by atoms with van der Waals surface area (Å²) in [6.07, 6.45) is 11.0. The summed E-state index contributed by atoms with van der Waals surface area (Å²) in [7, 11) is 0. The summed E-state index contributed by atoms with van der Waals surface area (Å²) in [4.78, 5) is 5.04. The van der Waals surface area contributed by atoms with Gasteiger partial charge in [0.1, 0.15) is 5.82 Å². The van der Waals surface area contributed by atoms with Crippen molar-refractivity contribution in [3.05, 3.63) is 65.7 Å². The molecular weight excluding hydrogens is 422 g/mol. The molecule has 0 radical (unpaired) electrons. The van der Waals surface area contributed by atoms with Gasteiger partial charge in [0.05, 0.1) is 6.54 Å². The van der Waals surface area contributed by atoms with E-state index >= 15 is 0 Å². The van der Waals surface area contributed by atoms with Crippen LogP contribution < -0.4 is 0 Å². The van der Waals surface area contributed by atoms with E-state index in [0.29, 0.717) is 11.7 Å². The van der Waals surface area contributed by atoms with Crippen molar-refractivity contribution in [3.63, 3.8) is 0 Å². The number of aromatic nitrogens is 7. The van der Waals surface area contributed by atoms with Gasteiger partial charge in [-0.2, -0.15) is 10.3 Å². The zero-order chi connectivity index (χ0) is 23.2. The first kappa shape index (κ1) is 22.4. The van der Waals surface area contributed by atoms with E-state index in [9.17, 15) is 0 Å². The van der Waals surface area contributed by atoms with E-state index in [1.165, 1.54) is 56.9 Å². The average Bonchev–Trinajstić information content (AvgIpc) is 3.56. The maximum atomic E-state index is 5.04. The lowest BCUT2D eigenvalue weighted by atomic mass is 9.89. The molecule has 0 saturated heterocycles. The van der Waals surface area contributed by atoms with Crippen LogP contribution in [0.3, 0.4) is 0 Å².